The molecule has 6 nitrogen and oxygen atoms in total. The average Bonchev–Trinajstić information content (AvgIpc) is 3.12. The maximum atomic E-state index is 12.4. The normalized spacial score (nSPS) is 12.2. The van der Waals surface area contributed by atoms with Crippen molar-refractivity contribution < 1.29 is 8.42 Å². The molecule has 0 spiro atoms. The largest absolute Gasteiger partial charge is 0.303 e. The van der Waals surface area contributed by atoms with Gasteiger partial charge in [-0.3, -0.25) is 5.10 Å². The lowest BCUT2D eigenvalue weighted by Crippen LogP contribution is -2.34. The number of hydrogen-bond acceptors (Lipinski definition) is 5. The Kier molecular flexibility index (Phi) is 5.96. The first-order valence-electron chi connectivity index (χ1n) is 7.72. The van der Waals surface area contributed by atoms with Gasteiger partial charge < -0.3 is 4.90 Å². The van der Waals surface area contributed by atoms with Crippen molar-refractivity contribution in [1.82, 2.24) is 19.8 Å². The van der Waals surface area contributed by atoms with Crippen molar-refractivity contribution in [2.75, 3.05) is 26.2 Å². The van der Waals surface area contributed by atoms with Crippen LogP contribution >= 0.6 is 11.3 Å². The number of thiophene rings is 1. The number of aromatic nitrogens is 2. The lowest BCUT2D eigenvalue weighted by atomic mass is 10.2. The second-order valence-electron chi connectivity index (χ2n) is 5.37. The molecular formula is C15H24N4O2S2. The van der Waals surface area contributed by atoms with Crippen LogP contribution in [0.4, 0.5) is 0 Å². The maximum Gasteiger partial charge on any atom is 0.250 e. The molecule has 0 aromatic carbocycles. The highest BCUT2D eigenvalue weighted by atomic mass is 32.2. The first-order chi connectivity index (χ1) is 10.9. The van der Waals surface area contributed by atoms with Gasteiger partial charge >= 0.3 is 0 Å². The summed E-state index contributed by atoms with van der Waals surface area (Å²) in [4.78, 5) is 3.04. The van der Waals surface area contributed by atoms with Gasteiger partial charge in [-0.25, -0.2) is 13.1 Å². The van der Waals surface area contributed by atoms with Crippen molar-refractivity contribution in [1.29, 1.82) is 0 Å². The third-order valence-corrected chi connectivity index (χ3v) is 6.99. The SMILES string of the molecule is CCN(CC)CCNS(=O)(=O)c1ccc(-c2n[nH]c(C)c2C)s1. The Balaban J connectivity index is 2.08. The highest BCUT2D eigenvalue weighted by Gasteiger charge is 2.19. The Bertz CT molecular complexity index is 745. The fourth-order valence-corrected chi connectivity index (χ4v) is 4.68. The van der Waals surface area contributed by atoms with Gasteiger partial charge in [-0.1, -0.05) is 13.8 Å². The van der Waals surface area contributed by atoms with Crippen molar-refractivity contribution in [2.45, 2.75) is 31.9 Å². The van der Waals surface area contributed by atoms with Gasteiger partial charge in [0.2, 0.25) is 10.0 Å². The standard InChI is InChI=1S/C15H24N4O2S2/c1-5-19(6-2)10-9-16-23(20,21)14-8-7-13(22-14)15-11(3)12(4)17-18-15/h7-8,16H,5-6,9-10H2,1-4H3,(H,17,18). The molecule has 0 amide bonds. The van der Waals surface area contributed by atoms with E-state index in [0.717, 1.165) is 34.9 Å². The second kappa shape index (κ2) is 7.57. The van der Waals surface area contributed by atoms with Gasteiger partial charge in [0.1, 0.15) is 9.90 Å². The zero-order valence-electron chi connectivity index (χ0n) is 14.0. The van der Waals surface area contributed by atoms with Gasteiger partial charge in [0.25, 0.3) is 0 Å². The summed E-state index contributed by atoms with van der Waals surface area (Å²) in [7, 11) is -3.46. The molecule has 128 valence electrons. The predicted molar refractivity (Wildman–Crippen MR) is 94.4 cm³/mol. The third kappa shape index (κ3) is 4.20. The number of H-pyrrole nitrogens is 1. The molecule has 0 saturated heterocycles. The summed E-state index contributed by atoms with van der Waals surface area (Å²) in [5.41, 5.74) is 2.86. The van der Waals surface area contributed by atoms with Crippen molar-refractivity contribution in [3.8, 4) is 10.6 Å². The number of aryl methyl sites for hydroxylation is 1. The Morgan fingerprint density at radius 1 is 1.26 bits per heavy atom. The summed E-state index contributed by atoms with van der Waals surface area (Å²) in [5.74, 6) is 0. The number of sulfonamides is 1. The average molecular weight is 357 g/mol. The van der Waals surface area contributed by atoms with Crippen LogP contribution in [0.1, 0.15) is 25.1 Å². The second-order valence-corrected chi connectivity index (χ2v) is 8.44. The van der Waals surface area contributed by atoms with Gasteiger partial charge in [0, 0.05) is 18.8 Å². The predicted octanol–water partition coefficient (Wildman–Crippen LogP) is 2.38. The summed E-state index contributed by atoms with van der Waals surface area (Å²) in [6, 6.07) is 3.45. The first-order valence-corrected chi connectivity index (χ1v) is 10.0. The fourth-order valence-electron chi connectivity index (χ4n) is 2.27. The molecule has 2 N–H and O–H groups in total. The monoisotopic (exact) mass is 356 g/mol. The fraction of sp³-hybridized carbons (Fsp3) is 0.533. The van der Waals surface area contributed by atoms with Crippen molar-refractivity contribution >= 4 is 21.4 Å². The Hall–Kier alpha value is -1.22. The van der Waals surface area contributed by atoms with Crippen LogP contribution in [0.25, 0.3) is 10.6 Å². The van der Waals surface area contributed by atoms with Gasteiger partial charge in [-0.2, -0.15) is 5.10 Å². The van der Waals surface area contributed by atoms with E-state index < -0.39 is 10.0 Å². The summed E-state index contributed by atoms with van der Waals surface area (Å²) in [5, 5.41) is 7.18. The number of hydrogen-bond donors (Lipinski definition) is 2. The molecule has 2 aromatic heterocycles. The maximum absolute atomic E-state index is 12.4. The minimum absolute atomic E-state index is 0.326. The van der Waals surface area contributed by atoms with Crippen LogP contribution in [0.15, 0.2) is 16.3 Å². The molecule has 0 aliphatic carbocycles. The molecule has 0 aliphatic heterocycles. The zero-order valence-corrected chi connectivity index (χ0v) is 15.6. The molecule has 0 saturated carbocycles. The highest BCUT2D eigenvalue weighted by molar-refractivity contribution is 7.91. The molecule has 0 aliphatic rings. The molecule has 0 bridgehead atoms. The molecule has 0 fully saturated rings. The molecule has 23 heavy (non-hydrogen) atoms. The molecule has 8 heteroatoms. The van der Waals surface area contributed by atoms with Crippen LogP contribution in [0.3, 0.4) is 0 Å². The molecule has 0 radical (unpaired) electrons. The number of nitrogens with one attached hydrogen (secondary N) is 2. The Morgan fingerprint density at radius 2 is 1.96 bits per heavy atom. The minimum atomic E-state index is -3.46. The van der Waals surface area contributed by atoms with Crippen LogP contribution < -0.4 is 4.72 Å². The lowest BCUT2D eigenvalue weighted by Gasteiger charge is -2.17. The topological polar surface area (TPSA) is 78.1 Å². The van der Waals surface area contributed by atoms with Crippen LogP contribution in [-0.2, 0) is 10.0 Å². The summed E-state index contributed by atoms with van der Waals surface area (Å²) in [6.45, 7) is 11.0. The molecule has 2 rings (SSSR count). The van der Waals surface area contributed by atoms with E-state index in [4.69, 9.17) is 0 Å². The van der Waals surface area contributed by atoms with Crippen LogP contribution in [0, 0.1) is 13.8 Å². The van der Waals surface area contributed by atoms with Crippen LogP contribution in [-0.4, -0.2) is 49.7 Å². The van der Waals surface area contributed by atoms with Crippen LogP contribution in [0.5, 0.6) is 0 Å². The minimum Gasteiger partial charge on any atom is -0.303 e. The van der Waals surface area contributed by atoms with Gasteiger partial charge in [0.05, 0.1) is 4.88 Å². The Morgan fingerprint density at radius 3 is 2.52 bits per heavy atom. The third-order valence-electron chi connectivity index (χ3n) is 3.95. The van der Waals surface area contributed by atoms with Gasteiger partial charge in [0.15, 0.2) is 0 Å². The van der Waals surface area contributed by atoms with E-state index in [0.29, 0.717) is 17.3 Å². The van der Waals surface area contributed by atoms with Gasteiger partial charge in [-0.15, -0.1) is 11.3 Å². The summed E-state index contributed by atoms with van der Waals surface area (Å²) < 4.78 is 27.8. The lowest BCUT2D eigenvalue weighted by molar-refractivity contribution is 0.309. The van der Waals surface area contributed by atoms with E-state index in [1.807, 2.05) is 19.9 Å². The summed E-state index contributed by atoms with van der Waals surface area (Å²) in [6.07, 6.45) is 0. The zero-order chi connectivity index (χ0) is 17.0. The number of aromatic amines is 1. The van der Waals surface area contributed by atoms with E-state index >= 15 is 0 Å². The van der Waals surface area contributed by atoms with Crippen LogP contribution in [0.2, 0.25) is 0 Å². The first kappa shape index (κ1) is 18.1. The number of rotatable bonds is 8. The highest BCUT2D eigenvalue weighted by Crippen LogP contribution is 2.31. The number of nitrogens with zero attached hydrogens (tertiary/aromatic N) is 2. The molecule has 2 aromatic rings. The van der Waals surface area contributed by atoms with E-state index in [2.05, 4.69) is 33.7 Å². The van der Waals surface area contributed by atoms with E-state index in [1.165, 1.54) is 11.3 Å². The van der Waals surface area contributed by atoms with Gasteiger partial charge in [-0.05, 0) is 44.6 Å². The number of likely N-dealkylation sites (N-methyl/N-ethyl adjacent to an activating group) is 1. The summed E-state index contributed by atoms with van der Waals surface area (Å²) >= 11 is 1.24. The Labute approximate surface area is 142 Å². The molecule has 0 unspecified atom stereocenters. The molecule has 2 heterocycles. The smallest absolute Gasteiger partial charge is 0.250 e. The van der Waals surface area contributed by atoms with Crippen molar-refractivity contribution in [3.05, 3.63) is 23.4 Å². The van der Waals surface area contributed by atoms with E-state index in [9.17, 15) is 8.42 Å². The quantitative estimate of drug-likeness (QED) is 0.761. The van der Waals surface area contributed by atoms with E-state index in [-0.39, 0.29) is 0 Å². The molecule has 0 atom stereocenters. The van der Waals surface area contributed by atoms with Crippen molar-refractivity contribution in [2.24, 2.45) is 0 Å². The van der Waals surface area contributed by atoms with E-state index in [1.54, 1.807) is 6.07 Å². The van der Waals surface area contributed by atoms with Crippen molar-refractivity contribution in [3.63, 3.8) is 0 Å². The molecular weight excluding hydrogens is 332 g/mol.